The maximum atomic E-state index is 2.21. The molecule has 1 saturated heterocycles. The normalized spacial score (nSPS) is 40.8. The molecular formula is C8H14S2. The van der Waals surface area contributed by atoms with E-state index in [4.69, 9.17) is 0 Å². The third-order valence-corrected chi connectivity index (χ3v) is 5.46. The Labute approximate surface area is 71.5 Å². The molecule has 1 aliphatic carbocycles. The van der Waals surface area contributed by atoms with Gasteiger partial charge in [-0.3, -0.25) is 0 Å². The third-order valence-electron chi connectivity index (χ3n) is 2.54. The molecule has 2 fully saturated rings. The summed E-state index contributed by atoms with van der Waals surface area (Å²) in [4.78, 5) is 0. The van der Waals surface area contributed by atoms with Crippen LogP contribution in [0.15, 0.2) is 0 Å². The average molecular weight is 174 g/mol. The lowest BCUT2D eigenvalue weighted by Crippen LogP contribution is -2.26. The van der Waals surface area contributed by atoms with E-state index in [1.807, 2.05) is 0 Å². The largest absolute Gasteiger partial charge is 0.151 e. The Morgan fingerprint density at radius 1 is 1.10 bits per heavy atom. The van der Waals surface area contributed by atoms with Crippen molar-refractivity contribution in [2.24, 2.45) is 5.92 Å². The SMILES string of the molecule is C1CC[C@@H]2SCSC[C@@H]2C1. The minimum absolute atomic E-state index is 1.05. The number of fused-ring (bicyclic) bond motifs is 1. The molecule has 1 heterocycles. The quantitative estimate of drug-likeness (QED) is 0.554. The highest BCUT2D eigenvalue weighted by Crippen LogP contribution is 2.40. The molecule has 0 aromatic rings. The van der Waals surface area contributed by atoms with E-state index < -0.39 is 0 Å². The van der Waals surface area contributed by atoms with Crippen molar-refractivity contribution >= 4 is 23.5 Å². The molecule has 2 rings (SSSR count). The first-order chi connectivity index (χ1) is 4.97. The smallest absolute Gasteiger partial charge is 0.0395 e. The van der Waals surface area contributed by atoms with Gasteiger partial charge >= 0.3 is 0 Å². The Morgan fingerprint density at radius 3 is 2.90 bits per heavy atom. The first kappa shape index (κ1) is 7.35. The van der Waals surface area contributed by atoms with Crippen molar-refractivity contribution < 1.29 is 0 Å². The first-order valence-electron chi connectivity index (χ1n) is 4.16. The molecule has 0 radical (unpaired) electrons. The van der Waals surface area contributed by atoms with Gasteiger partial charge in [0.15, 0.2) is 0 Å². The van der Waals surface area contributed by atoms with Crippen LogP contribution < -0.4 is 0 Å². The van der Waals surface area contributed by atoms with Crippen molar-refractivity contribution in [2.75, 3.05) is 10.8 Å². The average Bonchev–Trinajstić information content (AvgIpc) is 2.05. The minimum atomic E-state index is 1.05. The molecule has 58 valence electrons. The lowest BCUT2D eigenvalue weighted by molar-refractivity contribution is 0.402. The van der Waals surface area contributed by atoms with E-state index in [1.165, 1.54) is 36.5 Å². The van der Waals surface area contributed by atoms with Crippen molar-refractivity contribution in [3.63, 3.8) is 0 Å². The second-order valence-electron chi connectivity index (χ2n) is 3.24. The molecule has 10 heavy (non-hydrogen) atoms. The van der Waals surface area contributed by atoms with E-state index in [2.05, 4.69) is 23.5 Å². The maximum absolute atomic E-state index is 2.21. The second-order valence-corrected chi connectivity index (χ2v) is 5.86. The molecule has 0 nitrogen and oxygen atoms in total. The van der Waals surface area contributed by atoms with Gasteiger partial charge in [0.2, 0.25) is 0 Å². The molecule has 0 bridgehead atoms. The Bertz CT molecular complexity index is 87.8. The zero-order valence-corrected chi connectivity index (χ0v) is 7.85. The van der Waals surface area contributed by atoms with Crippen LogP contribution in [0.25, 0.3) is 0 Å². The van der Waals surface area contributed by atoms with Crippen LogP contribution in [0.5, 0.6) is 0 Å². The zero-order valence-electron chi connectivity index (χ0n) is 6.21. The summed E-state index contributed by atoms with van der Waals surface area (Å²) in [7, 11) is 0. The van der Waals surface area contributed by atoms with Crippen LogP contribution >= 0.6 is 23.5 Å². The number of thioether (sulfide) groups is 2. The van der Waals surface area contributed by atoms with Gasteiger partial charge < -0.3 is 0 Å². The van der Waals surface area contributed by atoms with Crippen LogP contribution in [0.2, 0.25) is 0 Å². The fraction of sp³-hybridized carbons (Fsp3) is 1.00. The third kappa shape index (κ3) is 1.48. The summed E-state index contributed by atoms with van der Waals surface area (Å²) in [5.74, 6) is 2.54. The van der Waals surface area contributed by atoms with Gasteiger partial charge in [0.1, 0.15) is 0 Å². The number of hydrogen-bond acceptors (Lipinski definition) is 2. The van der Waals surface area contributed by atoms with Crippen molar-refractivity contribution in [1.82, 2.24) is 0 Å². The molecule has 2 heteroatoms. The molecule has 0 amide bonds. The van der Waals surface area contributed by atoms with Crippen LogP contribution in [-0.2, 0) is 0 Å². The summed E-state index contributed by atoms with van der Waals surface area (Å²) in [6.45, 7) is 0. The highest BCUT2D eigenvalue weighted by Gasteiger charge is 2.27. The second kappa shape index (κ2) is 3.40. The van der Waals surface area contributed by atoms with Gasteiger partial charge in [-0.1, -0.05) is 12.8 Å². The van der Waals surface area contributed by atoms with E-state index in [1.54, 1.807) is 0 Å². The Kier molecular flexibility index (Phi) is 2.50. The topological polar surface area (TPSA) is 0 Å². The van der Waals surface area contributed by atoms with Crippen molar-refractivity contribution in [2.45, 2.75) is 30.9 Å². The summed E-state index contributed by atoms with van der Waals surface area (Å²) in [6.07, 6.45) is 6.03. The molecule has 0 N–H and O–H groups in total. The zero-order chi connectivity index (χ0) is 6.81. The summed E-state index contributed by atoms with van der Waals surface area (Å²) in [5.41, 5.74) is 0. The molecule has 0 aromatic heterocycles. The molecule has 1 saturated carbocycles. The van der Waals surface area contributed by atoms with Crippen molar-refractivity contribution in [3.8, 4) is 0 Å². The summed E-state index contributed by atoms with van der Waals surface area (Å²) in [5, 5.41) is 2.41. The number of rotatable bonds is 0. The highest BCUT2D eigenvalue weighted by molar-refractivity contribution is 8.16. The summed E-state index contributed by atoms with van der Waals surface area (Å²) >= 11 is 4.35. The maximum Gasteiger partial charge on any atom is 0.0395 e. The van der Waals surface area contributed by atoms with E-state index in [0.29, 0.717) is 0 Å². The van der Waals surface area contributed by atoms with E-state index >= 15 is 0 Å². The standard InChI is InChI=1S/C8H14S2/c1-2-4-8-7(3-1)5-9-6-10-8/h7-8H,1-6H2/t7-,8-/m0/s1. The van der Waals surface area contributed by atoms with E-state index in [0.717, 1.165) is 11.2 Å². The van der Waals surface area contributed by atoms with Crippen molar-refractivity contribution in [3.05, 3.63) is 0 Å². The van der Waals surface area contributed by atoms with Gasteiger partial charge in [-0.15, -0.1) is 11.8 Å². The van der Waals surface area contributed by atoms with Gasteiger partial charge in [0, 0.05) is 10.3 Å². The Balaban J connectivity index is 1.93. The molecule has 0 aromatic carbocycles. The Hall–Kier alpha value is 0.700. The van der Waals surface area contributed by atoms with Crippen molar-refractivity contribution in [1.29, 1.82) is 0 Å². The summed E-state index contributed by atoms with van der Waals surface area (Å²) < 4.78 is 0. The predicted octanol–water partition coefficient (Wildman–Crippen LogP) is 2.98. The lowest BCUT2D eigenvalue weighted by Gasteiger charge is -2.34. The molecule has 0 unspecified atom stereocenters. The lowest BCUT2D eigenvalue weighted by atomic mass is 9.90. The van der Waals surface area contributed by atoms with Gasteiger partial charge in [0.25, 0.3) is 0 Å². The van der Waals surface area contributed by atoms with Crippen LogP contribution in [0.4, 0.5) is 0 Å². The number of hydrogen-bond donors (Lipinski definition) is 0. The molecule has 0 spiro atoms. The van der Waals surface area contributed by atoms with E-state index in [9.17, 15) is 0 Å². The van der Waals surface area contributed by atoms with Crippen LogP contribution in [0.1, 0.15) is 25.7 Å². The first-order valence-corrected chi connectivity index (χ1v) is 6.36. The van der Waals surface area contributed by atoms with Crippen LogP contribution in [0.3, 0.4) is 0 Å². The van der Waals surface area contributed by atoms with Gasteiger partial charge in [0.05, 0.1) is 0 Å². The fourth-order valence-electron chi connectivity index (χ4n) is 1.92. The minimum Gasteiger partial charge on any atom is -0.151 e. The molecular weight excluding hydrogens is 160 g/mol. The molecule has 2 aliphatic rings. The summed E-state index contributed by atoms with van der Waals surface area (Å²) in [6, 6.07) is 0. The monoisotopic (exact) mass is 174 g/mol. The highest BCUT2D eigenvalue weighted by atomic mass is 32.2. The molecule has 1 aliphatic heterocycles. The van der Waals surface area contributed by atoms with Gasteiger partial charge in [-0.25, -0.2) is 0 Å². The predicted molar refractivity (Wildman–Crippen MR) is 50.7 cm³/mol. The molecule has 2 atom stereocenters. The van der Waals surface area contributed by atoms with Crippen LogP contribution in [0, 0.1) is 5.92 Å². The van der Waals surface area contributed by atoms with Gasteiger partial charge in [-0.05, 0) is 24.5 Å². The Morgan fingerprint density at radius 2 is 2.00 bits per heavy atom. The van der Waals surface area contributed by atoms with Gasteiger partial charge in [-0.2, -0.15) is 11.8 Å². The van der Waals surface area contributed by atoms with Crippen LogP contribution in [-0.4, -0.2) is 16.1 Å². The fourth-order valence-corrected chi connectivity index (χ4v) is 5.05. The van der Waals surface area contributed by atoms with E-state index in [-0.39, 0.29) is 0 Å².